The van der Waals surface area contributed by atoms with Crippen LogP contribution in [-0.2, 0) is 15.8 Å². The molecular weight excluding hydrogens is 413 g/mol. The Bertz CT molecular complexity index is 618. The van der Waals surface area contributed by atoms with Crippen LogP contribution in [0, 0.1) is 0 Å². The minimum Gasteiger partial charge on any atom is -0.445 e. The zero-order valence-electron chi connectivity index (χ0n) is 15.6. The van der Waals surface area contributed by atoms with Gasteiger partial charge in [-0.3, -0.25) is 0 Å². The van der Waals surface area contributed by atoms with E-state index in [9.17, 15) is 4.79 Å². The van der Waals surface area contributed by atoms with Crippen molar-refractivity contribution >= 4 is 49.2 Å². The second kappa shape index (κ2) is 8.27. The predicted octanol–water partition coefficient (Wildman–Crippen LogP) is 5.77. The first-order chi connectivity index (χ1) is 11.9. The number of ether oxygens (including phenoxy) is 1. The minimum atomic E-state index is -1.95. The fourth-order valence-corrected chi connectivity index (χ4v) is 5.61. The molecule has 1 aromatic rings. The zero-order valence-corrected chi connectivity index (χ0v) is 18.9. The van der Waals surface area contributed by atoms with Gasteiger partial charge in [0.1, 0.15) is 12.2 Å². The van der Waals surface area contributed by atoms with E-state index in [2.05, 4.69) is 19.6 Å². The van der Waals surface area contributed by atoms with E-state index in [1.165, 1.54) is 0 Å². The van der Waals surface area contributed by atoms with E-state index in [1.807, 2.05) is 37.3 Å². The Hall–Kier alpha value is -0.463. The third-order valence-electron chi connectivity index (χ3n) is 4.37. The van der Waals surface area contributed by atoms with Crippen LogP contribution in [0.3, 0.4) is 0 Å². The largest absolute Gasteiger partial charge is 0.445 e. The van der Waals surface area contributed by atoms with Gasteiger partial charge in [0.05, 0.1) is 0 Å². The topological polar surface area (TPSA) is 38.8 Å². The highest BCUT2D eigenvalue weighted by atomic mass is 35.6. The SMILES string of the molecule is C[C@H]1C[C@](O[Si](C)(C)C)(C(Cl)(Cl)Cl)CCN1C(=O)OCc1ccccc1. The van der Waals surface area contributed by atoms with Gasteiger partial charge in [0.25, 0.3) is 0 Å². The number of carbonyl (C=O) groups excluding carboxylic acids is 1. The van der Waals surface area contributed by atoms with E-state index in [0.717, 1.165) is 5.56 Å². The maximum atomic E-state index is 12.5. The van der Waals surface area contributed by atoms with Crippen LogP contribution < -0.4 is 0 Å². The Labute approximate surface area is 171 Å². The molecular formula is C18H26Cl3NO3Si. The fraction of sp³-hybridized carbons (Fsp3) is 0.611. The monoisotopic (exact) mass is 437 g/mol. The lowest BCUT2D eigenvalue weighted by atomic mass is 9.88. The van der Waals surface area contributed by atoms with Crippen molar-refractivity contribution < 1.29 is 14.0 Å². The van der Waals surface area contributed by atoms with Crippen LogP contribution in [0.4, 0.5) is 4.79 Å². The van der Waals surface area contributed by atoms with Crippen molar-refractivity contribution in [3.8, 4) is 0 Å². The molecule has 2 atom stereocenters. The van der Waals surface area contributed by atoms with Crippen molar-refractivity contribution in [2.45, 2.75) is 61.4 Å². The maximum absolute atomic E-state index is 12.5. The molecule has 1 aliphatic rings. The number of carbonyl (C=O) groups is 1. The highest BCUT2D eigenvalue weighted by Crippen LogP contribution is 2.49. The average molecular weight is 439 g/mol. The smallest absolute Gasteiger partial charge is 0.410 e. The Morgan fingerprint density at radius 2 is 1.88 bits per heavy atom. The summed E-state index contributed by atoms with van der Waals surface area (Å²) in [5.74, 6) is 0. The molecule has 0 aliphatic carbocycles. The molecule has 0 saturated carbocycles. The minimum absolute atomic E-state index is 0.154. The summed E-state index contributed by atoms with van der Waals surface area (Å²) in [6.45, 7) is 8.79. The fourth-order valence-electron chi connectivity index (χ4n) is 3.28. The van der Waals surface area contributed by atoms with Crippen molar-refractivity contribution in [2.24, 2.45) is 0 Å². The first-order valence-electron chi connectivity index (χ1n) is 8.68. The number of rotatable bonds is 4. The molecule has 1 heterocycles. The number of halogens is 3. The molecule has 0 bridgehead atoms. The number of benzene rings is 1. The summed E-state index contributed by atoms with van der Waals surface area (Å²) >= 11 is 18.9. The highest BCUT2D eigenvalue weighted by molar-refractivity contribution is 6.71. The van der Waals surface area contributed by atoms with Crippen molar-refractivity contribution in [2.75, 3.05) is 6.54 Å². The molecule has 26 heavy (non-hydrogen) atoms. The summed E-state index contributed by atoms with van der Waals surface area (Å²) in [4.78, 5) is 14.2. The highest BCUT2D eigenvalue weighted by Gasteiger charge is 2.55. The van der Waals surface area contributed by atoms with Crippen LogP contribution >= 0.6 is 34.8 Å². The summed E-state index contributed by atoms with van der Waals surface area (Å²) in [6.07, 6.45) is 0.555. The molecule has 1 amide bonds. The Morgan fingerprint density at radius 1 is 1.27 bits per heavy atom. The third-order valence-corrected chi connectivity index (χ3v) is 6.41. The quantitative estimate of drug-likeness (QED) is 0.442. The van der Waals surface area contributed by atoms with Gasteiger partial charge in [0, 0.05) is 12.6 Å². The summed E-state index contributed by atoms with van der Waals surface area (Å²) in [6, 6.07) is 9.43. The first kappa shape index (κ1) is 21.8. The van der Waals surface area contributed by atoms with Crippen molar-refractivity contribution in [1.29, 1.82) is 0 Å². The molecule has 0 spiro atoms. The average Bonchev–Trinajstić information content (AvgIpc) is 2.51. The summed E-state index contributed by atoms with van der Waals surface area (Å²) in [7, 11) is -1.95. The normalized spacial score (nSPS) is 24.4. The lowest BCUT2D eigenvalue weighted by molar-refractivity contribution is -0.0254. The molecule has 8 heteroatoms. The van der Waals surface area contributed by atoms with Crippen LogP contribution in [0.5, 0.6) is 0 Å². The Morgan fingerprint density at radius 3 is 2.38 bits per heavy atom. The van der Waals surface area contributed by atoms with E-state index in [0.29, 0.717) is 19.4 Å². The lowest BCUT2D eigenvalue weighted by Crippen LogP contribution is -2.60. The number of hydrogen-bond donors (Lipinski definition) is 0. The van der Waals surface area contributed by atoms with E-state index in [-0.39, 0.29) is 18.7 Å². The molecule has 1 fully saturated rings. The van der Waals surface area contributed by atoms with Crippen LogP contribution in [0.15, 0.2) is 30.3 Å². The van der Waals surface area contributed by atoms with Gasteiger partial charge in [-0.25, -0.2) is 4.79 Å². The summed E-state index contributed by atoms with van der Waals surface area (Å²) in [5, 5.41) is 0. The van der Waals surface area contributed by atoms with Gasteiger partial charge in [0.15, 0.2) is 8.32 Å². The number of nitrogens with zero attached hydrogens (tertiary/aromatic N) is 1. The van der Waals surface area contributed by atoms with Crippen molar-refractivity contribution in [3.63, 3.8) is 0 Å². The molecule has 1 aliphatic heterocycles. The van der Waals surface area contributed by atoms with Gasteiger partial charge in [-0.05, 0) is 45.0 Å². The van der Waals surface area contributed by atoms with Crippen molar-refractivity contribution in [1.82, 2.24) is 4.90 Å². The molecule has 1 saturated heterocycles. The summed E-state index contributed by atoms with van der Waals surface area (Å²) < 4.78 is 10.2. The second-order valence-electron chi connectivity index (χ2n) is 7.74. The number of piperidine rings is 1. The maximum Gasteiger partial charge on any atom is 0.410 e. The molecule has 1 aromatic carbocycles. The molecule has 0 aromatic heterocycles. The summed E-state index contributed by atoms with van der Waals surface area (Å²) in [5.41, 5.74) is 0.0563. The third kappa shape index (κ3) is 5.52. The van der Waals surface area contributed by atoms with Gasteiger partial charge in [-0.1, -0.05) is 65.1 Å². The number of hydrogen-bond acceptors (Lipinski definition) is 3. The zero-order chi connectivity index (χ0) is 19.6. The molecule has 146 valence electrons. The number of amides is 1. The Balaban J connectivity index is 2.04. The van der Waals surface area contributed by atoms with Gasteiger partial charge < -0.3 is 14.1 Å². The van der Waals surface area contributed by atoms with E-state index < -0.39 is 17.7 Å². The van der Waals surface area contributed by atoms with Crippen LogP contribution in [0.2, 0.25) is 19.6 Å². The molecule has 0 unspecified atom stereocenters. The van der Waals surface area contributed by atoms with Gasteiger partial charge in [-0.2, -0.15) is 0 Å². The van der Waals surface area contributed by atoms with Crippen LogP contribution in [0.1, 0.15) is 25.3 Å². The van der Waals surface area contributed by atoms with E-state index in [4.69, 9.17) is 44.0 Å². The van der Waals surface area contributed by atoms with Crippen LogP contribution in [0.25, 0.3) is 0 Å². The molecule has 2 rings (SSSR count). The predicted molar refractivity (Wildman–Crippen MR) is 109 cm³/mol. The standard InChI is InChI=1S/C18H26Cl3NO3Si/c1-14-12-17(18(19,20)21,25-26(2,3)4)10-11-22(14)16(23)24-13-15-8-6-5-7-9-15/h5-9,14H,10-13H2,1-4H3/t14-,17-/m0/s1. The van der Waals surface area contributed by atoms with E-state index in [1.54, 1.807) is 4.90 Å². The van der Waals surface area contributed by atoms with E-state index >= 15 is 0 Å². The van der Waals surface area contributed by atoms with Crippen LogP contribution in [-0.4, -0.2) is 41.3 Å². The number of likely N-dealkylation sites (tertiary alicyclic amines) is 1. The molecule has 0 N–H and O–H groups in total. The molecule has 4 nitrogen and oxygen atoms in total. The lowest BCUT2D eigenvalue weighted by Gasteiger charge is -2.50. The van der Waals surface area contributed by atoms with Gasteiger partial charge in [-0.15, -0.1) is 0 Å². The first-order valence-corrected chi connectivity index (χ1v) is 13.2. The van der Waals surface area contributed by atoms with Gasteiger partial charge >= 0.3 is 6.09 Å². The van der Waals surface area contributed by atoms with Crippen molar-refractivity contribution in [3.05, 3.63) is 35.9 Å². The molecule has 0 radical (unpaired) electrons. The second-order valence-corrected chi connectivity index (χ2v) is 14.5. The Kier molecular flexibility index (Phi) is 6.95. The van der Waals surface area contributed by atoms with Gasteiger partial charge in [0.2, 0.25) is 3.79 Å². The number of alkyl halides is 3.